The highest BCUT2D eigenvalue weighted by atomic mass is 32.1. The van der Waals surface area contributed by atoms with Gasteiger partial charge in [0.2, 0.25) is 5.04 Å². The highest BCUT2D eigenvalue weighted by molar-refractivity contribution is 7.97. The van der Waals surface area contributed by atoms with Gasteiger partial charge in [0.15, 0.2) is 0 Å². The Kier molecular flexibility index (Phi) is 11.4. The number of pyridine rings is 1. The zero-order valence-electron chi connectivity index (χ0n) is 16.4. The number of rotatable bonds is 11. The summed E-state index contributed by atoms with van der Waals surface area (Å²) in [5.41, 5.74) is 5.65. The molecule has 1 heterocycles. The first-order valence-electron chi connectivity index (χ1n) is 9.05. The third-order valence-electron chi connectivity index (χ3n) is 3.82. The minimum absolute atomic E-state index is 0.0347. The van der Waals surface area contributed by atoms with Gasteiger partial charge in [0.25, 0.3) is 5.91 Å². The second-order valence-electron chi connectivity index (χ2n) is 5.94. The van der Waals surface area contributed by atoms with Gasteiger partial charge in [-0.15, -0.1) is 0 Å². The molecule has 1 rings (SSSR count). The summed E-state index contributed by atoms with van der Waals surface area (Å²) in [5, 5.41) is 24.8. The minimum atomic E-state index is -0.731. The number of allylic oxidation sites excluding steroid dienone is 2. The summed E-state index contributed by atoms with van der Waals surface area (Å²) in [6.07, 6.45) is 4.43. The van der Waals surface area contributed by atoms with E-state index in [0.717, 1.165) is 0 Å². The zero-order chi connectivity index (χ0) is 22.5. The van der Waals surface area contributed by atoms with Crippen molar-refractivity contribution < 1.29 is 24.7 Å². The van der Waals surface area contributed by atoms with Crippen LogP contribution in [-0.4, -0.2) is 81.0 Å². The quantitative estimate of drug-likeness (QED) is 0.0275. The lowest BCUT2D eigenvalue weighted by Crippen LogP contribution is -2.43. The highest BCUT2D eigenvalue weighted by Crippen LogP contribution is 2.00. The van der Waals surface area contributed by atoms with Crippen LogP contribution in [0.3, 0.4) is 0 Å². The molecule has 1 aromatic rings. The smallest absolute Gasteiger partial charge is 0.427 e. The second-order valence-corrected chi connectivity index (χ2v) is 6.82. The Hall–Kier alpha value is -2.67. The minimum Gasteiger partial charge on any atom is -0.427 e. The first-order chi connectivity index (χ1) is 14.3. The summed E-state index contributed by atoms with van der Waals surface area (Å²) in [5.74, 6) is -0.467. The number of thiol groups is 1. The molecule has 0 aliphatic carbocycles. The number of hydrogen-bond acceptors (Lipinski definition) is 7. The van der Waals surface area contributed by atoms with E-state index in [1.807, 2.05) is 4.90 Å². The number of aromatic nitrogens is 1. The van der Waals surface area contributed by atoms with Crippen LogP contribution in [0.5, 0.6) is 0 Å². The van der Waals surface area contributed by atoms with Crippen LogP contribution in [0.25, 0.3) is 0 Å². The average Bonchev–Trinajstić information content (AvgIpc) is 2.73. The molecular formula is C18H27N6O4S2+. The molecule has 0 bridgehead atoms. The molecule has 0 fully saturated rings. The van der Waals surface area contributed by atoms with Crippen molar-refractivity contribution in [1.82, 2.24) is 20.3 Å². The predicted octanol–water partition coefficient (Wildman–Crippen LogP) is 0.627. The van der Waals surface area contributed by atoms with Gasteiger partial charge in [0.05, 0.1) is 6.54 Å². The number of nitrogens with zero attached hydrogens (tertiary/aromatic N) is 3. The summed E-state index contributed by atoms with van der Waals surface area (Å²) in [4.78, 5) is 26.0. The molecule has 0 aromatic carbocycles. The normalized spacial score (nSPS) is 12.0. The van der Waals surface area contributed by atoms with Crippen molar-refractivity contribution in [3.05, 3.63) is 53.3 Å². The van der Waals surface area contributed by atoms with E-state index in [0.29, 0.717) is 42.2 Å². The number of carbonyl (C=O) groups excluding carboxylic acids is 2. The Morgan fingerprint density at radius 2 is 1.97 bits per heavy atom. The number of urea groups is 1. The SMILES string of the molecule is C=C/C=C\C(S)=[N+](\O)C(=O)NCCN(CCN)CCNC(=O)c1cccc(=S)n1O. The van der Waals surface area contributed by atoms with Crippen molar-refractivity contribution in [2.24, 2.45) is 5.73 Å². The maximum Gasteiger partial charge on any atom is 0.531 e. The molecule has 0 aliphatic heterocycles. The van der Waals surface area contributed by atoms with E-state index < -0.39 is 11.9 Å². The highest BCUT2D eigenvalue weighted by Gasteiger charge is 2.18. The molecule has 3 amide bonds. The van der Waals surface area contributed by atoms with E-state index in [4.69, 9.17) is 18.0 Å². The molecule has 30 heavy (non-hydrogen) atoms. The van der Waals surface area contributed by atoms with Crippen LogP contribution >= 0.6 is 24.8 Å². The maximum atomic E-state index is 12.2. The molecule has 0 atom stereocenters. The molecule has 6 N–H and O–H groups in total. The zero-order valence-corrected chi connectivity index (χ0v) is 18.1. The fourth-order valence-corrected chi connectivity index (χ4v) is 2.67. The van der Waals surface area contributed by atoms with Crippen LogP contribution in [0.15, 0.2) is 43.0 Å². The number of hydroxylamine groups is 1. The van der Waals surface area contributed by atoms with Crippen molar-refractivity contribution in [3.8, 4) is 0 Å². The second kappa shape index (κ2) is 13.5. The Labute approximate surface area is 185 Å². The van der Waals surface area contributed by atoms with E-state index in [9.17, 15) is 20.0 Å². The van der Waals surface area contributed by atoms with Crippen LogP contribution in [-0.2, 0) is 0 Å². The molecule has 164 valence electrons. The van der Waals surface area contributed by atoms with E-state index in [1.54, 1.807) is 6.07 Å². The third-order valence-corrected chi connectivity index (χ3v) is 4.46. The number of carbonyl (C=O) groups is 2. The van der Waals surface area contributed by atoms with E-state index in [-0.39, 0.29) is 21.9 Å². The topological polar surface area (TPSA) is 136 Å². The average molecular weight is 456 g/mol. The van der Waals surface area contributed by atoms with Gasteiger partial charge in [-0.25, -0.2) is 5.32 Å². The lowest BCUT2D eigenvalue weighted by Gasteiger charge is -2.20. The van der Waals surface area contributed by atoms with Crippen molar-refractivity contribution in [2.75, 3.05) is 39.3 Å². The van der Waals surface area contributed by atoms with Crippen molar-refractivity contribution in [2.45, 2.75) is 0 Å². The first-order valence-corrected chi connectivity index (χ1v) is 9.91. The first kappa shape index (κ1) is 25.4. The Balaban J connectivity index is 2.51. The van der Waals surface area contributed by atoms with Crippen LogP contribution in [0.4, 0.5) is 4.79 Å². The molecule has 1 aromatic heterocycles. The number of amides is 3. The molecule has 12 heteroatoms. The lowest BCUT2D eigenvalue weighted by atomic mass is 10.3. The van der Waals surface area contributed by atoms with Gasteiger partial charge in [-0.3, -0.25) is 9.69 Å². The number of hydrogen-bond donors (Lipinski definition) is 6. The summed E-state index contributed by atoms with van der Waals surface area (Å²) in [6, 6.07) is 3.81. The van der Waals surface area contributed by atoms with Crippen LogP contribution in [0.2, 0.25) is 0 Å². The van der Waals surface area contributed by atoms with Crippen molar-refractivity contribution in [1.29, 1.82) is 0 Å². The lowest BCUT2D eigenvalue weighted by molar-refractivity contribution is -0.697. The Morgan fingerprint density at radius 3 is 2.60 bits per heavy atom. The van der Waals surface area contributed by atoms with Crippen LogP contribution < -0.4 is 16.4 Å². The maximum absolute atomic E-state index is 12.2. The van der Waals surface area contributed by atoms with E-state index >= 15 is 0 Å². The molecule has 10 nitrogen and oxygen atoms in total. The molecule has 0 radical (unpaired) electrons. The molecule has 0 unspecified atom stereocenters. The van der Waals surface area contributed by atoms with Gasteiger partial charge in [-0.2, -0.15) is 9.52 Å². The molecule has 0 saturated heterocycles. The van der Waals surface area contributed by atoms with E-state index in [1.165, 1.54) is 30.4 Å². The van der Waals surface area contributed by atoms with Crippen molar-refractivity contribution >= 4 is 41.8 Å². The molecule has 0 aliphatic rings. The van der Waals surface area contributed by atoms with Gasteiger partial charge < -0.3 is 21.5 Å². The van der Waals surface area contributed by atoms with Gasteiger partial charge in [-0.1, -0.05) is 49.6 Å². The number of nitrogens with two attached hydrogens (primary N) is 1. The largest absolute Gasteiger partial charge is 0.531 e. The van der Waals surface area contributed by atoms with Gasteiger partial charge in [-0.05, 0) is 22.9 Å². The van der Waals surface area contributed by atoms with Gasteiger partial charge in [0.1, 0.15) is 10.3 Å². The summed E-state index contributed by atoms with van der Waals surface area (Å²) >= 11 is 8.92. The van der Waals surface area contributed by atoms with Crippen LogP contribution in [0, 0.1) is 4.64 Å². The third kappa shape index (κ3) is 8.37. The molecule has 0 saturated carbocycles. The Bertz CT molecular complexity index is 868. The van der Waals surface area contributed by atoms with Crippen LogP contribution in [0.1, 0.15) is 10.5 Å². The predicted molar refractivity (Wildman–Crippen MR) is 119 cm³/mol. The van der Waals surface area contributed by atoms with Gasteiger partial charge in [0, 0.05) is 32.7 Å². The summed E-state index contributed by atoms with van der Waals surface area (Å²) in [6.45, 7) is 5.87. The summed E-state index contributed by atoms with van der Waals surface area (Å²) < 4.78 is 1.16. The monoisotopic (exact) mass is 455 g/mol. The molecular weight excluding hydrogens is 428 g/mol. The fourth-order valence-electron chi connectivity index (χ4n) is 2.31. The number of nitrogens with one attached hydrogen (secondary N) is 2. The van der Waals surface area contributed by atoms with E-state index in [2.05, 4.69) is 29.8 Å². The fraction of sp³-hybridized carbons (Fsp3) is 0.333. The van der Waals surface area contributed by atoms with Gasteiger partial charge >= 0.3 is 6.03 Å². The van der Waals surface area contributed by atoms with Crippen molar-refractivity contribution in [3.63, 3.8) is 0 Å². The molecule has 0 spiro atoms. The Morgan fingerprint density at radius 1 is 1.30 bits per heavy atom. The summed E-state index contributed by atoms with van der Waals surface area (Å²) in [7, 11) is 0. The standard InChI is InChI=1S/C18H26N6O4S2/c1-2-3-6-16(30)24(28)18(26)21-10-13-22(11-8-19)12-9-20-17(25)14-5-4-7-15(29)23(14)27/h2-7,27-28H,1,8-13,19H2,(H2,20,21,25,26)/p+1/b6-3-.